The van der Waals surface area contributed by atoms with Gasteiger partial charge < -0.3 is 0 Å². The number of pyridine rings is 1. The number of rotatable bonds is 4. The third-order valence-corrected chi connectivity index (χ3v) is 7.62. The number of piperazine rings is 1. The van der Waals surface area contributed by atoms with Gasteiger partial charge in [-0.15, -0.1) is 0 Å². The molecule has 7 nitrogen and oxygen atoms in total. The number of hydrogen-bond acceptors (Lipinski definition) is 5. The van der Waals surface area contributed by atoms with Gasteiger partial charge in [0.15, 0.2) is 0 Å². The fourth-order valence-electron chi connectivity index (χ4n) is 3.79. The van der Waals surface area contributed by atoms with Crippen LogP contribution in [0.1, 0.15) is 16.8 Å². The maximum atomic E-state index is 13.0. The van der Waals surface area contributed by atoms with Crippen LogP contribution in [0.15, 0.2) is 52.3 Å². The minimum Gasteiger partial charge on any atom is -0.295 e. The van der Waals surface area contributed by atoms with Gasteiger partial charge in [0.25, 0.3) is 5.56 Å². The normalized spacial score (nSPS) is 16.2. The van der Waals surface area contributed by atoms with Crippen molar-refractivity contribution >= 4 is 27.3 Å². The zero-order chi connectivity index (χ0) is 21.5. The van der Waals surface area contributed by atoms with Crippen molar-refractivity contribution in [1.82, 2.24) is 18.6 Å². The number of aryl methyl sites for hydroxylation is 2. The van der Waals surface area contributed by atoms with Crippen LogP contribution in [-0.2, 0) is 16.6 Å². The van der Waals surface area contributed by atoms with Crippen LogP contribution in [0, 0.1) is 13.8 Å². The van der Waals surface area contributed by atoms with Crippen LogP contribution in [0.5, 0.6) is 0 Å². The van der Waals surface area contributed by atoms with Gasteiger partial charge in [-0.1, -0.05) is 29.3 Å². The van der Waals surface area contributed by atoms with E-state index in [4.69, 9.17) is 11.6 Å². The predicted octanol–water partition coefficient (Wildman–Crippen LogP) is 2.47. The quantitative estimate of drug-likeness (QED) is 0.615. The molecule has 0 spiro atoms. The molecule has 0 saturated carbocycles. The van der Waals surface area contributed by atoms with Crippen LogP contribution in [0.2, 0.25) is 5.02 Å². The van der Waals surface area contributed by atoms with Crippen LogP contribution in [0.25, 0.3) is 5.65 Å². The van der Waals surface area contributed by atoms with Crippen molar-refractivity contribution in [3.8, 4) is 0 Å². The second kappa shape index (κ2) is 8.11. The summed E-state index contributed by atoms with van der Waals surface area (Å²) in [6, 6.07) is 10.3. The van der Waals surface area contributed by atoms with Gasteiger partial charge in [-0.3, -0.25) is 14.1 Å². The standard InChI is InChI=1S/C21H23ClN4O3S/c1-15-3-5-19(16(2)11-15)30(28,29)25-9-7-24(8-10-25)14-18-12-21(27)26-13-17(22)4-6-20(26)23-18/h3-6,11-13H,7-10,14H2,1-2H3. The van der Waals surface area contributed by atoms with E-state index < -0.39 is 10.0 Å². The highest BCUT2D eigenvalue weighted by Gasteiger charge is 2.29. The lowest BCUT2D eigenvalue weighted by Gasteiger charge is -2.34. The van der Waals surface area contributed by atoms with Crippen molar-refractivity contribution in [1.29, 1.82) is 0 Å². The summed E-state index contributed by atoms with van der Waals surface area (Å²) in [7, 11) is -3.52. The average Bonchev–Trinajstić information content (AvgIpc) is 2.69. The Morgan fingerprint density at radius 2 is 1.77 bits per heavy atom. The fourth-order valence-corrected chi connectivity index (χ4v) is 5.58. The molecule has 0 radical (unpaired) electrons. The second-order valence-corrected chi connectivity index (χ2v) is 9.95. The second-order valence-electron chi connectivity index (χ2n) is 7.61. The predicted molar refractivity (Wildman–Crippen MR) is 116 cm³/mol. The van der Waals surface area contributed by atoms with E-state index in [1.165, 1.54) is 14.8 Å². The molecule has 0 N–H and O–H groups in total. The molecule has 0 atom stereocenters. The number of nitrogens with zero attached hydrogens (tertiary/aromatic N) is 4. The Morgan fingerprint density at radius 1 is 1.03 bits per heavy atom. The van der Waals surface area contributed by atoms with Crippen molar-refractivity contribution in [3.05, 3.63) is 74.8 Å². The summed E-state index contributed by atoms with van der Waals surface area (Å²) in [5, 5.41) is 0.472. The summed E-state index contributed by atoms with van der Waals surface area (Å²) in [4.78, 5) is 19.4. The van der Waals surface area contributed by atoms with Crippen molar-refractivity contribution < 1.29 is 8.42 Å². The zero-order valence-electron chi connectivity index (χ0n) is 16.9. The van der Waals surface area contributed by atoms with Gasteiger partial charge in [0, 0.05) is 45.0 Å². The summed E-state index contributed by atoms with van der Waals surface area (Å²) < 4.78 is 29.0. The largest absolute Gasteiger partial charge is 0.295 e. The molecule has 9 heteroatoms. The van der Waals surface area contributed by atoms with Gasteiger partial charge >= 0.3 is 0 Å². The van der Waals surface area contributed by atoms with Crippen molar-refractivity contribution in [2.24, 2.45) is 0 Å². The van der Waals surface area contributed by atoms with Gasteiger partial charge in [0.05, 0.1) is 15.6 Å². The molecule has 1 aliphatic rings. The van der Waals surface area contributed by atoms with E-state index in [1.54, 1.807) is 24.4 Å². The first-order chi connectivity index (χ1) is 14.2. The Morgan fingerprint density at radius 3 is 2.47 bits per heavy atom. The number of aromatic nitrogens is 2. The lowest BCUT2D eigenvalue weighted by atomic mass is 10.2. The van der Waals surface area contributed by atoms with Gasteiger partial charge in [0.1, 0.15) is 5.65 Å². The zero-order valence-corrected chi connectivity index (χ0v) is 18.4. The molecule has 0 amide bonds. The first kappa shape index (κ1) is 21.0. The summed E-state index contributed by atoms with van der Waals surface area (Å²) in [6.45, 7) is 6.22. The van der Waals surface area contributed by atoms with Crippen LogP contribution in [0.3, 0.4) is 0 Å². The van der Waals surface area contributed by atoms with E-state index >= 15 is 0 Å². The van der Waals surface area contributed by atoms with Crippen molar-refractivity contribution in [2.45, 2.75) is 25.3 Å². The first-order valence-electron chi connectivity index (χ1n) is 9.72. The highest BCUT2D eigenvalue weighted by molar-refractivity contribution is 7.89. The number of fused-ring (bicyclic) bond motifs is 1. The van der Waals surface area contributed by atoms with Gasteiger partial charge in [-0.25, -0.2) is 13.4 Å². The Hall–Kier alpha value is -2.26. The lowest BCUT2D eigenvalue weighted by molar-refractivity contribution is 0.180. The molecule has 0 aliphatic carbocycles. The van der Waals surface area contributed by atoms with Gasteiger partial charge in [-0.2, -0.15) is 4.31 Å². The molecule has 0 unspecified atom stereocenters. The maximum Gasteiger partial charge on any atom is 0.258 e. The van der Waals surface area contributed by atoms with Crippen LogP contribution < -0.4 is 5.56 Å². The smallest absolute Gasteiger partial charge is 0.258 e. The number of halogens is 1. The SMILES string of the molecule is Cc1ccc(S(=O)(=O)N2CCN(Cc3cc(=O)n4cc(Cl)ccc4n3)CC2)c(C)c1. The van der Waals surface area contributed by atoms with E-state index in [0.29, 0.717) is 54.0 Å². The molecule has 2 aromatic heterocycles. The maximum absolute atomic E-state index is 13.0. The van der Waals surface area contributed by atoms with Crippen LogP contribution >= 0.6 is 11.6 Å². The molecule has 4 rings (SSSR count). The van der Waals surface area contributed by atoms with E-state index in [2.05, 4.69) is 9.88 Å². The lowest BCUT2D eigenvalue weighted by Crippen LogP contribution is -2.48. The molecule has 3 aromatic rings. The minimum atomic E-state index is -3.52. The molecule has 158 valence electrons. The van der Waals surface area contributed by atoms with E-state index in [0.717, 1.165) is 11.1 Å². The molecule has 1 aromatic carbocycles. The van der Waals surface area contributed by atoms with Crippen LogP contribution in [0.4, 0.5) is 0 Å². The fraction of sp³-hybridized carbons (Fsp3) is 0.333. The number of benzene rings is 1. The Kier molecular flexibility index (Phi) is 5.67. The van der Waals surface area contributed by atoms with Gasteiger partial charge in [0.2, 0.25) is 10.0 Å². The van der Waals surface area contributed by atoms with Crippen molar-refractivity contribution in [3.63, 3.8) is 0 Å². The Bertz CT molecular complexity index is 1260. The molecular weight excluding hydrogens is 424 g/mol. The Balaban J connectivity index is 1.47. The molecule has 1 saturated heterocycles. The molecule has 0 bridgehead atoms. The summed E-state index contributed by atoms with van der Waals surface area (Å²) in [6.07, 6.45) is 1.55. The minimum absolute atomic E-state index is 0.187. The van der Waals surface area contributed by atoms with E-state index in [-0.39, 0.29) is 5.56 Å². The number of hydrogen-bond donors (Lipinski definition) is 0. The molecular formula is C21H23ClN4O3S. The summed E-state index contributed by atoms with van der Waals surface area (Å²) in [5.41, 5.74) is 2.82. The monoisotopic (exact) mass is 446 g/mol. The third kappa shape index (κ3) is 4.13. The first-order valence-corrected chi connectivity index (χ1v) is 11.5. The average molecular weight is 447 g/mol. The van der Waals surface area contributed by atoms with Gasteiger partial charge in [-0.05, 0) is 37.6 Å². The topological polar surface area (TPSA) is 75.0 Å². The van der Waals surface area contributed by atoms with E-state index in [9.17, 15) is 13.2 Å². The Labute approximate surface area is 180 Å². The van der Waals surface area contributed by atoms with E-state index in [1.807, 2.05) is 26.0 Å². The number of sulfonamides is 1. The van der Waals surface area contributed by atoms with Crippen molar-refractivity contribution in [2.75, 3.05) is 26.2 Å². The third-order valence-electron chi connectivity index (χ3n) is 5.34. The molecule has 3 heterocycles. The highest BCUT2D eigenvalue weighted by Crippen LogP contribution is 2.22. The summed E-state index contributed by atoms with van der Waals surface area (Å²) in [5.74, 6) is 0. The highest BCUT2D eigenvalue weighted by atomic mass is 35.5. The molecule has 1 fully saturated rings. The molecule has 1 aliphatic heterocycles. The van der Waals surface area contributed by atoms with Crippen LogP contribution in [-0.4, -0.2) is 53.2 Å². The summed E-state index contributed by atoms with van der Waals surface area (Å²) >= 11 is 5.95. The molecule has 30 heavy (non-hydrogen) atoms.